The molecule has 1 aromatic rings. The molecule has 2 heterocycles. The molecule has 5 heteroatoms. The van der Waals surface area contributed by atoms with E-state index in [4.69, 9.17) is 0 Å². The molecule has 1 aliphatic rings. The first kappa shape index (κ1) is 14.8. The number of aromatic nitrogens is 1. The van der Waals surface area contributed by atoms with Crippen molar-refractivity contribution < 1.29 is 4.79 Å². The molecule has 2 atom stereocenters. The van der Waals surface area contributed by atoms with Gasteiger partial charge in [0.05, 0.1) is 17.9 Å². The van der Waals surface area contributed by atoms with Crippen molar-refractivity contribution in [2.75, 3.05) is 29.9 Å². The van der Waals surface area contributed by atoms with Gasteiger partial charge in [-0.15, -0.1) is 0 Å². The molecule has 1 fully saturated rings. The van der Waals surface area contributed by atoms with Crippen LogP contribution in [0.1, 0.15) is 27.2 Å². The summed E-state index contributed by atoms with van der Waals surface area (Å²) in [6.07, 6.45) is 2.78. The number of anilines is 2. The van der Waals surface area contributed by atoms with E-state index in [0.717, 1.165) is 37.6 Å². The van der Waals surface area contributed by atoms with Crippen molar-refractivity contribution in [3.63, 3.8) is 0 Å². The number of nitrogens with zero attached hydrogens (tertiary/aromatic N) is 2. The number of hydrogen-bond donors (Lipinski definition) is 2. The molecular weight excluding hydrogens is 252 g/mol. The summed E-state index contributed by atoms with van der Waals surface area (Å²) in [7, 11) is 0. The normalized spacial score (nSPS) is 21.8. The Morgan fingerprint density at radius 3 is 2.70 bits per heavy atom. The van der Waals surface area contributed by atoms with Crippen LogP contribution in [0, 0.1) is 5.92 Å². The van der Waals surface area contributed by atoms with Crippen LogP contribution >= 0.6 is 0 Å². The molecule has 0 spiro atoms. The molecule has 1 saturated heterocycles. The van der Waals surface area contributed by atoms with Crippen molar-refractivity contribution in [3.8, 4) is 0 Å². The van der Waals surface area contributed by atoms with E-state index in [9.17, 15) is 4.79 Å². The SMILES string of the molecule is CCN(CC)c1ccc(NC(=O)C2NCCC2C)cn1. The average Bonchev–Trinajstić information content (AvgIpc) is 2.88. The Balaban J connectivity index is 1.98. The fourth-order valence-corrected chi connectivity index (χ4v) is 2.60. The summed E-state index contributed by atoms with van der Waals surface area (Å²) in [4.78, 5) is 18.7. The number of amides is 1. The Hall–Kier alpha value is -1.62. The van der Waals surface area contributed by atoms with Crippen molar-refractivity contribution in [2.24, 2.45) is 5.92 Å². The topological polar surface area (TPSA) is 57.3 Å². The first-order chi connectivity index (χ1) is 9.65. The second-order valence-corrected chi connectivity index (χ2v) is 5.26. The van der Waals surface area contributed by atoms with E-state index >= 15 is 0 Å². The third-order valence-corrected chi connectivity index (χ3v) is 3.92. The molecule has 0 aromatic carbocycles. The lowest BCUT2D eigenvalue weighted by Gasteiger charge is -2.20. The molecule has 0 aliphatic carbocycles. The van der Waals surface area contributed by atoms with E-state index in [-0.39, 0.29) is 11.9 Å². The predicted octanol–water partition coefficient (Wildman–Crippen LogP) is 1.86. The highest BCUT2D eigenvalue weighted by molar-refractivity contribution is 5.95. The number of hydrogen-bond acceptors (Lipinski definition) is 4. The van der Waals surface area contributed by atoms with E-state index in [0.29, 0.717) is 5.92 Å². The summed E-state index contributed by atoms with van der Waals surface area (Å²) in [5, 5.41) is 6.17. The summed E-state index contributed by atoms with van der Waals surface area (Å²) in [5.74, 6) is 1.37. The van der Waals surface area contributed by atoms with Gasteiger partial charge in [0.1, 0.15) is 5.82 Å². The molecule has 0 bridgehead atoms. The van der Waals surface area contributed by atoms with Gasteiger partial charge in [-0.25, -0.2) is 4.98 Å². The summed E-state index contributed by atoms with van der Waals surface area (Å²) in [6.45, 7) is 9.09. The molecule has 110 valence electrons. The van der Waals surface area contributed by atoms with Crippen LogP contribution in [0.4, 0.5) is 11.5 Å². The zero-order valence-electron chi connectivity index (χ0n) is 12.5. The zero-order valence-corrected chi connectivity index (χ0v) is 12.5. The quantitative estimate of drug-likeness (QED) is 0.862. The molecule has 1 amide bonds. The van der Waals surface area contributed by atoms with E-state index in [1.807, 2.05) is 12.1 Å². The van der Waals surface area contributed by atoms with E-state index in [2.05, 4.69) is 41.3 Å². The largest absolute Gasteiger partial charge is 0.357 e. The maximum atomic E-state index is 12.1. The van der Waals surface area contributed by atoms with Crippen molar-refractivity contribution in [1.82, 2.24) is 10.3 Å². The fraction of sp³-hybridized carbons (Fsp3) is 0.600. The van der Waals surface area contributed by atoms with Gasteiger partial charge in [0.2, 0.25) is 5.91 Å². The van der Waals surface area contributed by atoms with Gasteiger partial charge in [-0.1, -0.05) is 6.92 Å². The maximum Gasteiger partial charge on any atom is 0.241 e. The lowest BCUT2D eigenvalue weighted by Crippen LogP contribution is -2.39. The van der Waals surface area contributed by atoms with Crippen LogP contribution in [0.3, 0.4) is 0 Å². The maximum absolute atomic E-state index is 12.1. The summed E-state index contributed by atoms with van der Waals surface area (Å²) >= 11 is 0. The Morgan fingerprint density at radius 2 is 2.20 bits per heavy atom. The Labute approximate surface area is 120 Å². The van der Waals surface area contributed by atoms with Crippen molar-refractivity contribution in [3.05, 3.63) is 18.3 Å². The molecule has 2 rings (SSSR count). The van der Waals surface area contributed by atoms with Gasteiger partial charge in [-0.05, 0) is 44.9 Å². The number of rotatable bonds is 5. The minimum absolute atomic E-state index is 0.0346. The van der Waals surface area contributed by atoms with Crippen LogP contribution in [0.15, 0.2) is 18.3 Å². The summed E-state index contributed by atoms with van der Waals surface area (Å²) in [5.41, 5.74) is 0.756. The van der Waals surface area contributed by atoms with E-state index in [1.54, 1.807) is 6.20 Å². The number of carbonyl (C=O) groups is 1. The Bertz CT molecular complexity index is 442. The first-order valence-electron chi connectivity index (χ1n) is 7.41. The molecule has 5 nitrogen and oxygen atoms in total. The second-order valence-electron chi connectivity index (χ2n) is 5.26. The zero-order chi connectivity index (χ0) is 14.5. The number of pyridine rings is 1. The molecule has 20 heavy (non-hydrogen) atoms. The van der Waals surface area contributed by atoms with Gasteiger partial charge in [0, 0.05) is 13.1 Å². The molecule has 2 N–H and O–H groups in total. The van der Waals surface area contributed by atoms with Crippen LogP contribution < -0.4 is 15.5 Å². The van der Waals surface area contributed by atoms with Crippen LogP contribution in [0.5, 0.6) is 0 Å². The number of nitrogens with one attached hydrogen (secondary N) is 2. The van der Waals surface area contributed by atoms with Gasteiger partial charge in [0.25, 0.3) is 0 Å². The van der Waals surface area contributed by atoms with Crippen LogP contribution in [0.25, 0.3) is 0 Å². The third-order valence-electron chi connectivity index (χ3n) is 3.92. The molecule has 1 aromatic heterocycles. The predicted molar refractivity (Wildman–Crippen MR) is 82.0 cm³/mol. The number of carbonyl (C=O) groups excluding carboxylic acids is 1. The van der Waals surface area contributed by atoms with Crippen molar-refractivity contribution >= 4 is 17.4 Å². The molecule has 0 saturated carbocycles. The Morgan fingerprint density at radius 1 is 1.45 bits per heavy atom. The summed E-state index contributed by atoms with van der Waals surface area (Å²) in [6, 6.07) is 3.78. The van der Waals surface area contributed by atoms with Gasteiger partial charge in [-0.3, -0.25) is 4.79 Å². The highest BCUT2D eigenvalue weighted by Crippen LogP contribution is 2.18. The third kappa shape index (κ3) is 3.28. The van der Waals surface area contributed by atoms with Gasteiger partial charge >= 0.3 is 0 Å². The monoisotopic (exact) mass is 276 g/mol. The lowest BCUT2D eigenvalue weighted by atomic mass is 10.0. The highest BCUT2D eigenvalue weighted by atomic mass is 16.2. The van der Waals surface area contributed by atoms with Crippen LogP contribution in [-0.4, -0.2) is 36.6 Å². The average molecular weight is 276 g/mol. The lowest BCUT2D eigenvalue weighted by molar-refractivity contribution is -0.118. The molecule has 2 unspecified atom stereocenters. The standard InChI is InChI=1S/C15H24N4O/c1-4-19(5-2)13-7-6-12(10-17-13)18-15(20)14-11(3)8-9-16-14/h6-7,10-11,14,16H,4-5,8-9H2,1-3H3,(H,18,20). The molecule has 0 radical (unpaired) electrons. The van der Waals surface area contributed by atoms with E-state index in [1.165, 1.54) is 0 Å². The van der Waals surface area contributed by atoms with Gasteiger partial charge < -0.3 is 15.5 Å². The van der Waals surface area contributed by atoms with Crippen molar-refractivity contribution in [1.29, 1.82) is 0 Å². The summed E-state index contributed by atoms with van der Waals surface area (Å²) < 4.78 is 0. The van der Waals surface area contributed by atoms with Crippen LogP contribution in [0.2, 0.25) is 0 Å². The Kier molecular flexibility index (Phi) is 4.95. The smallest absolute Gasteiger partial charge is 0.241 e. The second kappa shape index (κ2) is 6.70. The fourth-order valence-electron chi connectivity index (χ4n) is 2.60. The molecular formula is C15H24N4O. The van der Waals surface area contributed by atoms with E-state index < -0.39 is 0 Å². The minimum Gasteiger partial charge on any atom is -0.357 e. The highest BCUT2D eigenvalue weighted by Gasteiger charge is 2.29. The van der Waals surface area contributed by atoms with Gasteiger partial charge in [-0.2, -0.15) is 0 Å². The van der Waals surface area contributed by atoms with Crippen LogP contribution in [-0.2, 0) is 4.79 Å². The van der Waals surface area contributed by atoms with Crippen molar-refractivity contribution in [2.45, 2.75) is 33.2 Å². The molecule has 1 aliphatic heterocycles. The van der Waals surface area contributed by atoms with Gasteiger partial charge in [0.15, 0.2) is 0 Å². The minimum atomic E-state index is -0.0857. The first-order valence-corrected chi connectivity index (χ1v) is 7.41.